The molecule has 2 amide bonds. The number of hydrogen-bond donors (Lipinski definition) is 1. The summed E-state index contributed by atoms with van der Waals surface area (Å²) < 4.78 is 0. The Labute approximate surface area is 117 Å². The topological polar surface area (TPSA) is 49.4 Å². The van der Waals surface area contributed by atoms with E-state index in [2.05, 4.69) is 12.2 Å². The molecule has 1 unspecified atom stereocenters. The number of amides is 2. The number of rotatable bonds is 6. The SMILES string of the molecule is CCCCNC(=O)C1CCC(=O)N1Cc1cccs1. The van der Waals surface area contributed by atoms with Crippen LogP contribution in [0.3, 0.4) is 0 Å². The number of thiophene rings is 1. The minimum absolute atomic E-state index is 0.00384. The van der Waals surface area contributed by atoms with E-state index in [0.717, 1.165) is 17.7 Å². The van der Waals surface area contributed by atoms with Crippen LogP contribution in [0, 0.1) is 0 Å². The predicted octanol–water partition coefficient (Wildman–Crippen LogP) is 2.16. The van der Waals surface area contributed by atoms with Gasteiger partial charge in [-0.2, -0.15) is 0 Å². The maximum atomic E-state index is 12.1. The van der Waals surface area contributed by atoms with Gasteiger partial charge in [-0.3, -0.25) is 9.59 Å². The molecular weight excluding hydrogens is 260 g/mol. The fourth-order valence-corrected chi connectivity index (χ4v) is 2.98. The van der Waals surface area contributed by atoms with E-state index >= 15 is 0 Å². The van der Waals surface area contributed by atoms with Gasteiger partial charge in [0.2, 0.25) is 11.8 Å². The lowest BCUT2D eigenvalue weighted by Crippen LogP contribution is -2.44. The second-order valence-corrected chi connectivity index (χ2v) is 5.83. The molecule has 104 valence electrons. The minimum atomic E-state index is -0.286. The molecule has 4 nitrogen and oxygen atoms in total. The molecule has 0 bridgehead atoms. The van der Waals surface area contributed by atoms with E-state index in [1.807, 2.05) is 17.5 Å². The smallest absolute Gasteiger partial charge is 0.242 e. The molecular formula is C14H20N2O2S. The Morgan fingerprint density at radius 1 is 1.58 bits per heavy atom. The summed E-state index contributed by atoms with van der Waals surface area (Å²) in [5, 5.41) is 4.92. The molecule has 1 N–H and O–H groups in total. The molecule has 1 saturated heterocycles. The highest BCUT2D eigenvalue weighted by Gasteiger charge is 2.35. The van der Waals surface area contributed by atoms with Gasteiger partial charge in [0, 0.05) is 17.8 Å². The molecule has 1 aromatic heterocycles. The quantitative estimate of drug-likeness (QED) is 0.812. The van der Waals surface area contributed by atoms with Crippen molar-refractivity contribution >= 4 is 23.2 Å². The fraction of sp³-hybridized carbons (Fsp3) is 0.571. The summed E-state index contributed by atoms with van der Waals surface area (Å²) in [4.78, 5) is 26.8. The second-order valence-electron chi connectivity index (χ2n) is 4.80. The fourth-order valence-electron chi connectivity index (χ4n) is 2.28. The van der Waals surface area contributed by atoms with Gasteiger partial charge in [0.25, 0.3) is 0 Å². The van der Waals surface area contributed by atoms with Crippen molar-refractivity contribution in [2.75, 3.05) is 6.54 Å². The molecule has 0 radical (unpaired) electrons. The third-order valence-electron chi connectivity index (χ3n) is 3.37. The van der Waals surface area contributed by atoms with Crippen molar-refractivity contribution in [3.05, 3.63) is 22.4 Å². The maximum Gasteiger partial charge on any atom is 0.242 e. The molecule has 1 fully saturated rings. The van der Waals surface area contributed by atoms with Gasteiger partial charge in [-0.15, -0.1) is 11.3 Å². The summed E-state index contributed by atoms with van der Waals surface area (Å²) in [6, 6.07) is 3.69. The average Bonchev–Trinajstić information content (AvgIpc) is 3.02. The average molecular weight is 280 g/mol. The number of hydrogen-bond acceptors (Lipinski definition) is 3. The van der Waals surface area contributed by atoms with Crippen LogP contribution in [0.1, 0.15) is 37.5 Å². The van der Waals surface area contributed by atoms with Gasteiger partial charge >= 0.3 is 0 Å². The highest BCUT2D eigenvalue weighted by molar-refractivity contribution is 7.09. The zero-order valence-electron chi connectivity index (χ0n) is 11.2. The van der Waals surface area contributed by atoms with Crippen LogP contribution in [0.15, 0.2) is 17.5 Å². The summed E-state index contributed by atoms with van der Waals surface area (Å²) in [6.07, 6.45) is 3.17. The number of carbonyl (C=O) groups is 2. The third kappa shape index (κ3) is 3.56. The third-order valence-corrected chi connectivity index (χ3v) is 4.23. The van der Waals surface area contributed by atoms with Gasteiger partial charge in [-0.05, 0) is 24.3 Å². The molecule has 1 aliphatic rings. The van der Waals surface area contributed by atoms with Crippen molar-refractivity contribution in [3.63, 3.8) is 0 Å². The van der Waals surface area contributed by atoms with Crippen molar-refractivity contribution < 1.29 is 9.59 Å². The number of nitrogens with one attached hydrogen (secondary N) is 1. The van der Waals surface area contributed by atoms with Crippen molar-refractivity contribution in [2.45, 2.75) is 45.2 Å². The highest BCUT2D eigenvalue weighted by Crippen LogP contribution is 2.23. The van der Waals surface area contributed by atoms with Crippen LogP contribution in [0.25, 0.3) is 0 Å². The molecule has 5 heteroatoms. The molecule has 1 aromatic rings. The number of nitrogens with zero attached hydrogens (tertiary/aromatic N) is 1. The summed E-state index contributed by atoms with van der Waals surface area (Å²) in [6.45, 7) is 3.35. The highest BCUT2D eigenvalue weighted by atomic mass is 32.1. The van der Waals surface area contributed by atoms with Crippen LogP contribution in [0.2, 0.25) is 0 Å². The lowest BCUT2D eigenvalue weighted by Gasteiger charge is -2.23. The molecule has 0 spiro atoms. The molecule has 1 atom stereocenters. The number of carbonyl (C=O) groups excluding carboxylic acids is 2. The van der Waals surface area contributed by atoms with E-state index in [0.29, 0.717) is 25.9 Å². The lowest BCUT2D eigenvalue weighted by atomic mass is 10.2. The van der Waals surface area contributed by atoms with Crippen LogP contribution < -0.4 is 5.32 Å². The van der Waals surface area contributed by atoms with E-state index in [1.54, 1.807) is 16.2 Å². The van der Waals surface area contributed by atoms with E-state index < -0.39 is 0 Å². The van der Waals surface area contributed by atoms with Crippen molar-refractivity contribution in [3.8, 4) is 0 Å². The summed E-state index contributed by atoms with van der Waals surface area (Å²) in [7, 11) is 0. The van der Waals surface area contributed by atoms with E-state index in [-0.39, 0.29) is 17.9 Å². The van der Waals surface area contributed by atoms with Crippen LogP contribution in [-0.4, -0.2) is 29.3 Å². The summed E-state index contributed by atoms with van der Waals surface area (Å²) in [5.74, 6) is 0.0832. The Kier molecular flexibility index (Phi) is 4.96. The van der Waals surface area contributed by atoms with Crippen molar-refractivity contribution in [2.24, 2.45) is 0 Å². The van der Waals surface area contributed by atoms with Gasteiger partial charge in [0.05, 0.1) is 6.54 Å². The largest absolute Gasteiger partial charge is 0.354 e. The van der Waals surface area contributed by atoms with E-state index in [9.17, 15) is 9.59 Å². The van der Waals surface area contributed by atoms with Crippen LogP contribution >= 0.6 is 11.3 Å². The first kappa shape index (κ1) is 14.1. The first-order chi connectivity index (χ1) is 9.22. The van der Waals surface area contributed by atoms with Gasteiger partial charge in [0.1, 0.15) is 6.04 Å². The number of likely N-dealkylation sites (tertiary alicyclic amines) is 1. The zero-order chi connectivity index (χ0) is 13.7. The first-order valence-electron chi connectivity index (χ1n) is 6.82. The Hall–Kier alpha value is -1.36. The van der Waals surface area contributed by atoms with Gasteiger partial charge in [0.15, 0.2) is 0 Å². The second kappa shape index (κ2) is 6.70. The molecule has 19 heavy (non-hydrogen) atoms. The van der Waals surface area contributed by atoms with Crippen LogP contribution in [0.4, 0.5) is 0 Å². The number of unbranched alkanes of at least 4 members (excludes halogenated alkanes) is 1. The Morgan fingerprint density at radius 2 is 2.42 bits per heavy atom. The summed E-state index contributed by atoms with van der Waals surface area (Å²) in [5.41, 5.74) is 0. The molecule has 0 aliphatic carbocycles. The Bertz CT molecular complexity index is 431. The van der Waals surface area contributed by atoms with Crippen molar-refractivity contribution in [1.29, 1.82) is 0 Å². The lowest BCUT2D eigenvalue weighted by molar-refractivity contribution is -0.135. The molecule has 1 aliphatic heterocycles. The minimum Gasteiger partial charge on any atom is -0.354 e. The molecule has 2 heterocycles. The predicted molar refractivity (Wildman–Crippen MR) is 75.8 cm³/mol. The first-order valence-corrected chi connectivity index (χ1v) is 7.70. The van der Waals surface area contributed by atoms with E-state index in [1.165, 1.54) is 0 Å². The normalized spacial score (nSPS) is 18.9. The molecule has 2 rings (SSSR count). The van der Waals surface area contributed by atoms with Gasteiger partial charge in [-0.1, -0.05) is 19.4 Å². The van der Waals surface area contributed by atoms with Crippen LogP contribution in [-0.2, 0) is 16.1 Å². The monoisotopic (exact) mass is 280 g/mol. The standard InChI is InChI=1S/C14H20N2O2S/c1-2-3-8-15-14(18)12-6-7-13(17)16(12)10-11-5-4-9-19-11/h4-5,9,12H,2-3,6-8,10H2,1H3,(H,15,18). The summed E-state index contributed by atoms with van der Waals surface area (Å²) >= 11 is 1.62. The Balaban J connectivity index is 1.94. The zero-order valence-corrected chi connectivity index (χ0v) is 12.0. The molecule has 0 saturated carbocycles. The Morgan fingerprint density at radius 3 is 3.11 bits per heavy atom. The van der Waals surface area contributed by atoms with Gasteiger partial charge in [-0.25, -0.2) is 0 Å². The molecule has 0 aromatic carbocycles. The van der Waals surface area contributed by atoms with Crippen molar-refractivity contribution in [1.82, 2.24) is 10.2 Å². The van der Waals surface area contributed by atoms with E-state index in [4.69, 9.17) is 0 Å². The van der Waals surface area contributed by atoms with Gasteiger partial charge < -0.3 is 10.2 Å². The van der Waals surface area contributed by atoms with Crippen LogP contribution in [0.5, 0.6) is 0 Å². The maximum absolute atomic E-state index is 12.1.